The molecule has 2 N–H and O–H groups in total. The Morgan fingerprint density at radius 2 is 2.21 bits per heavy atom. The molecule has 2 fully saturated rings. The second-order valence-electron chi connectivity index (χ2n) is 7.02. The Morgan fingerprint density at radius 1 is 1.38 bits per heavy atom. The van der Waals surface area contributed by atoms with Gasteiger partial charge in [0.1, 0.15) is 5.75 Å². The van der Waals surface area contributed by atoms with Gasteiger partial charge < -0.3 is 20.3 Å². The number of nitrogens with two attached hydrogens (primary N) is 1. The lowest BCUT2D eigenvalue weighted by molar-refractivity contribution is -0.132. The summed E-state index contributed by atoms with van der Waals surface area (Å²) in [4.78, 5) is 27.7. The van der Waals surface area contributed by atoms with Crippen LogP contribution in [0.25, 0.3) is 0 Å². The smallest absolute Gasteiger partial charge is 0.260 e. The van der Waals surface area contributed by atoms with Gasteiger partial charge in [0.05, 0.1) is 0 Å². The van der Waals surface area contributed by atoms with Crippen LogP contribution in [-0.4, -0.2) is 49.5 Å². The molecule has 3 rings (SSSR count). The minimum atomic E-state index is -0.0187. The Hall–Kier alpha value is -2.08. The lowest BCUT2D eigenvalue weighted by atomic mass is 9.90. The fraction of sp³-hybridized carbons (Fsp3) is 0.556. The van der Waals surface area contributed by atoms with Crippen LogP contribution in [0.5, 0.6) is 5.75 Å². The number of carbonyl (C=O) groups excluding carboxylic acids is 2. The molecule has 2 saturated heterocycles. The van der Waals surface area contributed by atoms with Crippen LogP contribution < -0.4 is 15.4 Å². The third-order valence-electron chi connectivity index (χ3n) is 4.97. The summed E-state index contributed by atoms with van der Waals surface area (Å²) in [5.41, 5.74) is 6.63. The highest BCUT2D eigenvalue weighted by Gasteiger charge is 2.34. The fourth-order valence-electron chi connectivity index (χ4n) is 3.30. The molecule has 0 aliphatic carbocycles. The minimum absolute atomic E-state index is 0.0120. The number of anilines is 1. The maximum absolute atomic E-state index is 12.3. The van der Waals surface area contributed by atoms with Gasteiger partial charge in [-0.2, -0.15) is 0 Å². The highest BCUT2D eigenvalue weighted by molar-refractivity contribution is 5.95. The lowest BCUT2D eigenvalue weighted by Gasteiger charge is -2.22. The maximum Gasteiger partial charge on any atom is 0.260 e. The third kappa shape index (κ3) is 3.53. The zero-order chi connectivity index (χ0) is 17.2. The van der Waals surface area contributed by atoms with Crippen LogP contribution in [-0.2, 0) is 9.59 Å². The number of ether oxygens (including phenoxy) is 1. The molecular weight excluding hydrogens is 306 g/mol. The first-order valence-electron chi connectivity index (χ1n) is 8.52. The van der Waals surface area contributed by atoms with Gasteiger partial charge in [0.2, 0.25) is 5.91 Å². The first-order valence-corrected chi connectivity index (χ1v) is 8.52. The fourth-order valence-corrected chi connectivity index (χ4v) is 3.30. The number of likely N-dealkylation sites (tertiary alicyclic amines) is 1. The normalized spacial score (nSPS) is 23.8. The number of nitrogens with zero attached hydrogens (tertiary/aromatic N) is 2. The SMILES string of the molecule is CC1(CN)CCN(C(=O)COc2cccc(N3CCCC3=O)c2)C1. The average molecular weight is 331 g/mol. The Labute approximate surface area is 142 Å². The zero-order valence-electron chi connectivity index (χ0n) is 14.2. The average Bonchev–Trinajstić information content (AvgIpc) is 3.19. The van der Waals surface area contributed by atoms with Crippen molar-refractivity contribution in [2.24, 2.45) is 11.1 Å². The molecule has 2 aliphatic rings. The van der Waals surface area contributed by atoms with E-state index >= 15 is 0 Å². The number of rotatable bonds is 5. The van der Waals surface area contributed by atoms with Crippen LogP contribution in [0.1, 0.15) is 26.2 Å². The predicted molar refractivity (Wildman–Crippen MR) is 91.9 cm³/mol. The molecule has 0 aromatic heterocycles. The molecule has 0 spiro atoms. The Bertz CT molecular complexity index is 634. The molecule has 1 aromatic carbocycles. The molecule has 24 heavy (non-hydrogen) atoms. The number of carbonyl (C=O) groups is 2. The van der Waals surface area contributed by atoms with E-state index in [1.165, 1.54) is 0 Å². The number of hydrogen-bond donors (Lipinski definition) is 1. The Balaban J connectivity index is 1.57. The van der Waals surface area contributed by atoms with Gasteiger partial charge in [-0.05, 0) is 36.9 Å². The van der Waals surface area contributed by atoms with E-state index in [4.69, 9.17) is 10.5 Å². The quantitative estimate of drug-likeness (QED) is 0.885. The summed E-state index contributed by atoms with van der Waals surface area (Å²) in [7, 11) is 0. The van der Waals surface area contributed by atoms with Crippen LogP contribution in [0, 0.1) is 5.41 Å². The van der Waals surface area contributed by atoms with Gasteiger partial charge in [0.25, 0.3) is 5.91 Å². The monoisotopic (exact) mass is 331 g/mol. The van der Waals surface area contributed by atoms with Crippen molar-refractivity contribution in [1.82, 2.24) is 4.90 Å². The van der Waals surface area contributed by atoms with Gasteiger partial charge in [-0.1, -0.05) is 13.0 Å². The summed E-state index contributed by atoms with van der Waals surface area (Å²) in [5.74, 6) is 0.734. The van der Waals surface area contributed by atoms with E-state index in [0.717, 1.165) is 31.6 Å². The summed E-state index contributed by atoms with van der Waals surface area (Å²) < 4.78 is 5.66. The molecular formula is C18H25N3O3. The standard InChI is InChI=1S/C18H25N3O3/c1-18(12-19)7-9-20(13-18)17(23)11-24-15-5-2-4-14(10-15)21-8-3-6-16(21)22/h2,4-5,10H,3,6-9,11-13,19H2,1H3. The van der Waals surface area contributed by atoms with Gasteiger partial charge >= 0.3 is 0 Å². The summed E-state index contributed by atoms with van der Waals surface area (Å²) in [5, 5.41) is 0. The van der Waals surface area contributed by atoms with Crippen molar-refractivity contribution in [3.05, 3.63) is 24.3 Å². The van der Waals surface area contributed by atoms with E-state index in [2.05, 4.69) is 6.92 Å². The van der Waals surface area contributed by atoms with Gasteiger partial charge in [0, 0.05) is 37.8 Å². The van der Waals surface area contributed by atoms with Crippen LogP contribution in [0.2, 0.25) is 0 Å². The third-order valence-corrected chi connectivity index (χ3v) is 4.97. The van der Waals surface area contributed by atoms with Crippen molar-refractivity contribution in [3.63, 3.8) is 0 Å². The second kappa shape index (κ2) is 6.81. The van der Waals surface area contributed by atoms with Crippen LogP contribution in [0.4, 0.5) is 5.69 Å². The predicted octanol–water partition coefficient (Wildman–Crippen LogP) is 1.39. The lowest BCUT2D eigenvalue weighted by Crippen LogP contribution is -2.36. The van der Waals surface area contributed by atoms with Crippen LogP contribution in [0.3, 0.4) is 0 Å². The second-order valence-corrected chi connectivity index (χ2v) is 7.02. The van der Waals surface area contributed by atoms with Crippen LogP contribution >= 0.6 is 0 Å². The van der Waals surface area contributed by atoms with Crippen molar-refractivity contribution in [2.75, 3.05) is 37.7 Å². The number of amides is 2. The zero-order valence-corrected chi connectivity index (χ0v) is 14.2. The summed E-state index contributed by atoms with van der Waals surface area (Å²) >= 11 is 0. The Kier molecular flexibility index (Phi) is 4.76. The van der Waals surface area contributed by atoms with Gasteiger partial charge in [-0.25, -0.2) is 0 Å². The first-order chi connectivity index (χ1) is 11.5. The molecule has 0 saturated carbocycles. The minimum Gasteiger partial charge on any atom is -0.484 e. The molecule has 6 heteroatoms. The van der Waals surface area contributed by atoms with Crippen LogP contribution in [0.15, 0.2) is 24.3 Å². The molecule has 2 heterocycles. The maximum atomic E-state index is 12.3. The van der Waals surface area contributed by atoms with E-state index in [1.807, 2.05) is 29.2 Å². The molecule has 1 aromatic rings. The largest absolute Gasteiger partial charge is 0.484 e. The first kappa shape index (κ1) is 16.8. The van der Waals surface area contributed by atoms with Crippen molar-refractivity contribution >= 4 is 17.5 Å². The summed E-state index contributed by atoms with van der Waals surface area (Å²) in [6, 6.07) is 7.38. The van der Waals surface area contributed by atoms with E-state index in [0.29, 0.717) is 25.3 Å². The molecule has 2 amide bonds. The van der Waals surface area contributed by atoms with Gasteiger partial charge in [-0.3, -0.25) is 9.59 Å². The van der Waals surface area contributed by atoms with E-state index in [9.17, 15) is 9.59 Å². The van der Waals surface area contributed by atoms with Gasteiger partial charge in [0.15, 0.2) is 6.61 Å². The van der Waals surface area contributed by atoms with Gasteiger partial charge in [-0.15, -0.1) is 0 Å². The molecule has 0 bridgehead atoms. The topological polar surface area (TPSA) is 75.9 Å². The molecule has 2 aliphatic heterocycles. The van der Waals surface area contributed by atoms with Crippen molar-refractivity contribution in [1.29, 1.82) is 0 Å². The molecule has 6 nitrogen and oxygen atoms in total. The van der Waals surface area contributed by atoms with E-state index < -0.39 is 0 Å². The highest BCUT2D eigenvalue weighted by Crippen LogP contribution is 2.29. The molecule has 1 unspecified atom stereocenters. The number of benzene rings is 1. The molecule has 0 radical (unpaired) electrons. The van der Waals surface area contributed by atoms with Crippen molar-refractivity contribution in [3.8, 4) is 5.75 Å². The van der Waals surface area contributed by atoms with E-state index in [1.54, 1.807) is 4.90 Å². The van der Waals surface area contributed by atoms with E-state index in [-0.39, 0.29) is 23.8 Å². The number of hydrogen-bond acceptors (Lipinski definition) is 4. The molecule has 130 valence electrons. The highest BCUT2D eigenvalue weighted by atomic mass is 16.5. The Morgan fingerprint density at radius 3 is 2.88 bits per heavy atom. The molecule has 1 atom stereocenters. The summed E-state index contributed by atoms with van der Waals surface area (Å²) in [6.45, 7) is 4.87. The summed E-state index contributed by atoms with van der Waals surface area (Å²) in [6.07, 6.45) is 2.41. The van der Waals surface area contributed by atoms with Crippen molar-refractivity contribution < 1.29 is 14.3 Å². The van der Waals surface area contributed by atoms with Crippen molar-refractivity contribution in [2.45, 2.75) is 26.2 Å².